The highest BCUT2D eigenvalue weighted by atomic mass is 32.1. The largest absolute Gasteiger partial charge is 0.467 e. The SMILES string of the molecule is CC(C)CCN(Cc1nc2sc3c(c2c(=O)[nH]1)CCC3)CC(O)COCc1ccco1. The first-order valence-corrected chi connectivity index (χ1v) is 11.8. The molecule has 3 heterocycles. The van der Waals surface area contributed by atoms with Crippen molar-refractivity contribution in [3.8, 4) is 0 Å². The first-order chi connectivity index (χ1) is 15.0. The number of aliphatic hydroxyl groups excluding tert-OH is 1. The summed E-state index contributed by atoms with van der Waals surface area (Å²) in [6, 6.07) is 3.66. The molecule has 1 unspecified atom stereocenters. The van der Waals surface area contributed by atoms with E-state index in [0.717, 1.165) is 48.2 Å². The summed E-state index contributed by atoms with van der Waals surface area (Å²) in [5, 5.41) is 11.3. The van der Waals surface area contributed by atoms with Crippen molar-refractivity contribution in [1.82, 2.24) is 14.9 Å². The Hall–Kier alpha value is -2.00. The number of thiophene rings is 1. The summed E-state index contributed by atoms with van der Waals surface area (Å²) >= 11 is 1.66. The summed E-state index contributed by atoms with van der Waals surface area (Å²) in [7, 11) is 0. The van der Waals surface area contributed by atoms with E-state index >= 15 is 0 Å². The van der Waals surface area contributed by atoms with Crippen molar-refractivity contribution in [1.29, 1.82) is 0 Å². The molecule has 2 N–H and O–H groups in total. The molecule has 1 aliphatic rings. The minimum absolute atomic E-state index is 0.0365. The summed E-state index contributed by atoms with van der Waals surface area (Å²) in [5.74, 6) is 1.94. The lowest BCUT2D eigenvalue weighted by Crippen LogP contribution is -2.36. The third-order valence-corrected chi connectivity index (χ3v) is 6.81. The molecule has 1 atom stereocenters. The molecule has 0 aromatic carbocycles. The van der Waals surface area contributed by atoms with E-state index in [1.54, 1.807) is 17.6 Å². The van der Waals surface area contributed by atoms with Gasteiger partial charge in [0.15, 0.2) is 0 Å². The Bertz CT molecular complexity index is 1040. The Morgan fingerprint density at radius 2 is 2.26 bits per heavy atom. The standard InChI is InChI=1S/C23H31N3O4S/c1-15(2)8-9-26(11-16(27)13-29-14-17-5-4-10-30-17)12-20-24-22(28)21-18-6-3-7-19(18)31-23(21)25-20/h4-5,10,15-16,27H,3,6-9,11-14H2,1-2H3,(H,24,25,28). The number of nitrogens with one attached hydrogen (secondary N) is 1. The number of aryl methyl sites for hydroxylation is 2. The third-order valence-electron chi connectivity index (χ3n) is 5.62. The molecule has 0 aliphatic heterocycles. The van der Waals surface area contributed by atoms with Gasteiger partial charge in [0.2, 0.25) is 0 Å². The highest BCUT2D eigenvalue weighted by Gasteiger charge is 2.22. The van der Waals surface area contributed by atoms with Gasteiger partial charge in [0.05, 0.1) is 30.9 Å². The number of aromatic amines is 1. The maximum absolute atomic E-state index is 12.8. The summed E-state index contributed by atoms with van der Waals surface area (Å²) in [6.45, 7) is 6.68. The number of furan rings is 1. The number of hydrogen-bond donors (Lipinski definition) is 2. The van der Waals surface area contributed by atoms with Gasteiger partial charge in [-0.2, -0.15) is 0 Å². The van der Waals surface area contributed by atoms with Gasteiger partial charge in [0, 0.05) is 11.4 Å². The molecule has 0 radical (unpaired) electrons. The van der Waals surface area contributed by atoms with Crippen LogP contribution < -0.4 is 5.56 Å². The summed E-state index contributed by atoms with van der Waals surface area (Å²) in [5.41, 5.74) is 1.16. The predicted molar refractivity (Wildman–Crippen MR) is 121 cm³/mol. The molecular formula is C23H31N3O4S. The molecular weight excluding hydrogens is 414 g/mol. The highest BCUT2D eigenvalue weighted by molar-refractivity contribution is 7.18. The van der Waals surface area contributed by atoms with E-state index < -0.39 is 6.10 Å². The van der Waals surface area contributed by atoms with Gasteiger partial charge in [0.1, 0.15) is 23.0 Å². The number of nitrogens with zero attached hydrogens (tertiary/aromatic N) is 2. The second-order valence-corrected chi connectivity index (χ2v) is 9.80. The van der Waals surface area contributed by atoms with Gasteiger partial charge in [-0.25, -0.2) is 4.98 Å². The number of hydrogen-bond acceptors (Lipinski definition) is 7. The number of ether oxygens (including phenoxy) is 1. The fraction of sp³-hybridized carbons (Fsp3) is 0.565. The van der Waals surface area contributed by atoms with E-state index in [1.807, 2.05) is 12.1 Å². The average Bonchev–Trinajstić information content (AvgIpc) is 3.43. The minimum Gasteiger partial charge on any atom is -0.467 e. The van der Waals surface area contributed by atoms with E-state index in [2.05, 4.69) is 23.7 Å². The first kappa shape index (κ1) is 22.2. The summed E-state index contributed by atoms with van der Waals surface area (Å²) in [4.78, 5) is 24.8. The van der Waals surface area contributed by atoms with Crippen molar-refractivity contribution in [2.45, 2.75) is 58.8 Å². The molecule has 0 saturated heterocycles. The fourth-order valence-corrected chi connectivity index (χ4v) is 5.33. The van der Waals surface area contributed by atoms with Crippen molar-refractivity contribution in [2.24, 2.45) is 5.92 Å². The van der Waals surface area contributed by atoms with E-state index in [9.17, 15) is 9.90 Å². The quantitative estimate of drug-likeness (QED) is 0.469. The zero-order chi connectivity index (χ0) is 21.8. The van der Waals surface area contributed by atoms with Crippen molar-refractivity contribution >= 4 is 21.6 Å². The molecule has 4 rings (SSSR count). The zero-order valence-corrected chi connectivity index (χ0v) is 19.0. The molecule has 8 heteroatoms. The Kier molecular flexibility index (Phi) is 7.22. The zero-order valence-electron chi connectivity index (χ0n) is 18.2. The van der Waals surface area contributed by atoms with Crippen LogP contribution in [0.15, 0.2) is 27.6 Å². The number of aliphatic hydroxyl groups is 1. The molecule has 3 aromatic rings. The predicted octanol–water partition coefficient (Wildman–Crippen LogP) is 3.49. The molecule has 31 heavy (non-hydrogen) atoms. The lowest BCUT2D eigenvalue weighted by atomic mass is 10.1. The third kappa shape index (κ3) is 5.63. The van der Waals surface area contributed by atoms with Crippen LogP contribution in [0.3, 0.4) is 0 Å². The van der Waals surface area contributed by atoms with Crippen LogP contribution in [0.1, 0.15) is 48.7 Å². The summed E-state index contributed by atoms with van der Waals surface area (Å²) < 4.78 is 10.8. The highest BCUT2D eigenvalue weighted by Crippen LogP contribution is 2.34. The van der Waals surface area contributed by atoms with Crippen LogP contribution in [0, 0.1) is 5.92 Å². The molecule has 0 bridgehead atoms. The number of H-pyrrole nitrogens is 1. The normalized spacial score (nSPS) is 14.7. The second-order valence-electron chi connectivity index (χ2n) is 8.72. The van der Waals surface area contributed by atoms with E-state index in [0.29, 0.717) is 31.4 Å². The van der Waals surface area contributed by atoms with Gasteiger partial charge in [-0.1, -0.05) is 13.8 Å². The van der Waals surface area contributed by atoms with Gasteiger partial charge in [-0.05, 0) is 55.8 Å². The molecule has 0 amide bonds. The van der Waals surface area contributed by atoms with E-state index in [1.165, 1.54) is 10.4 Å². The van der Waals surface area contributed by atoms with Crippen LogP contribution in [0.25, 0.3) is 10.2 Å². The van der Waals surface area contributed by atoms with Gasteiger partial charge in [0.25, 0.3) is 5.56 Å². The molecule has 1 aliphatic carbocycles. The first-order valence-electron chi connectivity index (χ1n) is 11.0. The van der Waals surface area contributed by atoms with Gasteiger partial charge in [-0.3, -0.25) is 9.69 Å². The van der Waals surface area contributed by atoms with Crippen molar-refractivity contribution in [3.05, 3.63) is 50.8 Å². The Morgan fingerprint density at radius 1 is 1.39 bits per heavy atom. The minimum atomic E-state index is -0.636. The lowest BCUT2D eigenvalue weighted by molar-refractivity contribution is 0.00291. The average molecular weight is 446 g/mol. The van der Waals surface area contributed by atoms with Crippen molar-refractivity contribution in [3.63, 3.8) is 0 Å². The molecule has 0 spiro atoms. The number of fused-ring (bicyclic) bond motifs is 3. The van der Waals surface area contributed by atoms with Crippen LogP contribution in [-0.2, 0) is 30.7 Å². The number of rotatable bonds is 11. The molecule has 7 nitrogen and oxygen atoms in total. The van der Waals surface area contributed by atoms with Crippen LogP contribution in [0.5, 0.6) is 0 Å². The molecule has 0 fully saturated rings. The van der Waals surface area contributed by atoms with Crippen molar-refractivity contribution in [2.75, 3.05) is 19.7 Å². The van der Waals surface area contributed by atoms with Gasteiger partial charge >= 0.3 is 0 Å². The van der Waals surface area contributed by atoms with Gasteiger partial charge in [-0.15, -0.1) is 11.3 Å². The van der Waals surface area contributed by atoms with Gasteiger partial charge < -0.3 is 19.2 Å². The van der Waals surface area contributed by atoms with Crippen LogP contribution >= 0.6 is 11.3 Å². The molecule has 0 saturated carbocycles. The van der Waals surface area contributed by atoms with Crippen molar-refractivity contribution < 1.29 is 14.3 Å². The van der Waals surface area contributed by atoms with Crippen LogP contribution in [0.2, 0.25) is 0 Å². The second kappa shape index (κ2) is 10.1. The van der Waals surface area contributed by atoms with Crippen LogP contribution in [0.4, 0.5) is 0 Å². The maximum atomic E-state index is 12.8. The monoisotopic (exact) mass is 445 g/mol. The van der Waals surface area contributed by atoms with Crippen LogP contribution in [-0.4, -0.2) is 45.8 Å². The topological polar surface area (TPSA) is 91.6 Å². The fourth-order valence-electron chi connectivity index (χ4n) is 4.05. The summed E-state index contributed by atoms with van der Waals surface area (Å²) in [6.07, 6.45) is 5.12. The number of aromatic nitrogens is 2. The Balaban J connectivity index is 1.41. The lowest BCUT2D eigenvalue weighted by Gasteiger charge is -2.25. The smallest absolute Gasteiger partial charge is 0.259 e. The Labute approximate surface area is 186 Å². The maximum Gasteiger partial charge on any atom is 0.259 e. The van der Waals surface area contributed by atoms with E-state index in [-0.39, 0.29) is 12.2 Å². The molecule has 3 aromatic heterocycles. The van der Waals surface area contributed by atoms with E-state index in [4.69, 9.17) is 14.1 Å². The Morgan fingerprint density at radius 3 is 3.03 bits per heavy atom. The molecule has 168 valence electrons.